The molecule has 0 heterocycles. The summed E-state index contributed by atoms with van der Waals surface area (Å²) in [5.41, 5.74) is -1.42. The van der Waals surface area contributed by atoms with Crippen LogP contribution in [-0.4, -0.2) is 52.2 Å². The number of ether oxygens (including phenoxy) is 2. The van der Waals surface area contributed by atoms with E-state index >= 15 is 0 Å². The van der Waals surface area contributed by atoms with Gasteiger partial charge < -0.3 is 24.8 Å². The van der Waals surface area contributed by atoms with Crippen LogP contribution in [0.3, 0.4) is 0 Å². The maximum atomic E-state index is 12.7. The molecule has 152 valence electrons. The van der Waals surface area contributed by atoms with Crippen LogP contribution in [-0.2, 0) is 25.5 Å². The van der Waals surface area contributed by atoms with Crippen LogP contribution >= 0.6 is 0 Å². The first-order chi connectivity index (χ1) is 12.4. The highest BCUT2D eigenvalue weighted by Gasteiger charge is 2.37. The molecule has 0 spiro atoms. The van der Waals surface area contributed by atoms with Gasteiger partial charge >= 0.3 is 11.9 Å². The standard InChI is InChI=1S/C19H29NO7/c1-12(26-16(24)18(2,3)4)27-17(25)19(5,20-8-9-21)11-13-6-7-14(22)15(23)10-13/h6-7,10,12,20-23H,8-9,11H2,1-5H3/t12-,19+/m1/s1. The van der Waals surface area contributed by atoms with Crippen molar-refractivity contribution in [2.75, 3.05) is 13.2 Å². The molecule has 2 atom stereocenters. The Hall–Kier alpha value is -2.32. The number of aliphatic hydroxyl groups is 1. The van der Waals surface area contributed by atoms with Crippen LogP contribution in [0.4, 0.5) is 0 Å². The minimum absolute atomic E-state index is 0.111. The number of esters is 2. The Morgan fingerprint density at radius 2 is 1.67 bits per heavy atom. The number of carbonyl (C=O) groups excluding carboxylic acids is 2. The first-order valence-electron chi connectivity index (χ1n) is 8.68. The number of benzene rings is 1. The molecule has 0 amide bonds. The lowest BCUT2D eigenvalue weighted by Crippen LogP contribution is -2.54. The summed E-state index contributed by atoms with van der Waals surface area (Å²) in [5, 5.41) is 31.1. The Bertz CT molecular complexity index is 669. The lowest BCUT2D eigenvalue weighted by Gasteiger charge is -2.30. The van der Waals surface area contributed by atoms with Crippen molar-refractivity contribution in [1.82, 2.24) is 5.32 Å². The molecule has 1 aromatic carbocycles. The fourth-order valence-corrected chi connectivity index (χ4v) is 2.26. The molecule has 4 N–H and O–H groups in total. The van der Waals surface area contributed by atoms with E-state index in [-0.39, 0.29) is 31.1 Å². The highest BCUT2D eigenvalue weighted by molar-refractivity contribution is 5.81. The van der Waals surface area contributed by atoms with Crippen LogP contribution in [0.1, 0.15) is 40.2 Å². The van der Waals surface area contributed by atoms with E-state index in [9.17, 15) is 19.8 Å². The molecule has 0 fully saturated rings. The van der Waals surface area contributed by atoms with Crippen molar-refractivity contribution in [3.05, 3.63) is 23.8 Å². The van der Waals surface area contributed by atoms with E-state index in [1.807, 2.05) is 0 Å². The Balaban J connectivity index is 2.91. The number of phenols is 2. The molecule has 0 aliphatic heterocycles. The Morgan fingerprint density at radius 3 is 2.19 bits per heavy atom. The van der Waals surface area contributed by atoms with Gasteiger partial charge in [-0.1, -0.05) is 6.07 Å². The maximum absolute atomic E-state index is 12.7. The smallest absolute Gasteiger partial charge is 0.329 e. The van der Waals surface area contributed by atoms with Crippen molar-refractivity contribution in [3.63, 3.8) is 0 Å². The van der Waals surface area contributed by atoms with Gasteiger partial charge in [-0.2, -0.15) is 0 Å². The summed E-state index contributed by atoms with van der Waals surface area (Å²) >= 11 is 0. The van der Waals surface area contributed by atoms with E-state index in [4.69, 9.17) is 14.6 Å². The van der Waals surface area contributed by atoms with Crippen molar-refractivity contribution in [1.29, 1.82) is 0 Å². The number of phenolic OH excluding ortho intramolecular Hbond substituents is 2. The van der Waals surface area contributed by atoms with Gasteiger partial charge in [0, 0.05) is 19.9 Å². The first kappa shape index (κ1) is 22.7. The third kappa shape index (κ3) is 6.73. The Morgan fingerprint density at radius 1 is 1.07 bits per heavy atom. The highest BCUT2D eigenvalue weighted by Crippen LogP contribution is 2.27. The highest BCUT2D eigenvalue weighted by atomic mass is 16.7. The minimum Gasteiger partial charge on any atom is -0.504 e. The van der Waals surface area contributed by atoms with Crippen molar-refractivity contribution in [3.8, 4) is 11.5 Å². The van der Waals surface area contributed by atoms with Gasteiger partial charge in [0.05, 0.1) is 12.0 Å². The van der Waals surface area contributed by atoms with E-state index < -0.39 is 29.2 Å². The van der Waals surface area contributed by atoms with Gasteiger partial charge in [-0.05, 0) is 45.4 Å². The quantitative estimate of drug-likeness (QED) is 0.302. The van der Waals surface area contributed by atoms with E-state index in [1.165, 1.54) is 19.1 Å². The minimum atomic E-state index is -1.26. The normalized spacial score (nSPS) is 14.9. The summed E-state index contributed by atoms with van der Waals surface area (Å²) in [7, 11) is 0. The number of aromatic hydroxyl groups is 2. The molecule has 0 aliphatic rings. The second kappa shape index (κ2) is 9.05. The SMILES string of the molecule is C[C@H](OC(=O)C(C)(C)C)OC(=O)[C@](C)(Cc1ccc(O)c(O)c1)NCCO. The zero-order valence-electron chi connectivity index (χ0n) is 16.4. The summed E-state index contributed by atoms with van der Waals surface area (Å²) in [6.07, 6.45) is -0.979. The molecule has 1 aromatic rings. The summed E-state index contributed by atoms with van der Waals surface area (Å²) < 4.78 is 10.4. The number of aliphatic hydroxyl groups excluding tert-OH is 1. The average Bonchev–Trinajstić information content (AvgIpc) is 2.55. The van der Waals surface area contributed by atoms with Gasteiger partial charge in [0.15, 0.2) is 11.5 Å². The van der Waals surface area contributed by atoms with Gasteiger partial charge in [-0.15, -0.1) is 0 Å². The molecular formula is C19H29NO7. The molecule has 1 rings (SSSR count). The van der Waals surface area contributed by atoms with Gasteiger partial charge in [-0.25, -0.2) is 4.79 Å². The average molecular weight is 383 g/mol. The van der Waals surface area contributed by atoms with Gasteiger partial charge in [-0.3, -0.25) is 10.1 Å². The summed E-state index contributed by atoms with van der Waals surface area (Å²) in [4.78, 5) is 24.6. The van der Waals surface area contributed by atoms with Crippen molar-refractivity contribution in [2.24, 2.45) is 5.41 Å². The van der Waals surface area contributed by atoms with E-state index in [1.54, 1.807) is 33.8 Å². The molecule has 8 nitrogen and oxygen atoms in total. The fraction of sp³-hybridized carbons (Fsp3) is 0.579. The number of hydrogen-bond donors (Lipinski definition) is 4. The third-order valence-corrected chi connectivity index (χ3v) is 3.83. The van der Waals surface area contributed by atoms with Crippen LogP contribution in [0.15, 0.2) is 18.2 Å². The Labute approximate surface area is 159 Å². The molecule has 8 heteroatoms. The van der Waals surface area contributed by atoms with Gasteiger partial charge in [0.1, 0.15) is 5.54 Å². The first-order valence-corrected chi connectivity index (χ1v) is 8.68. The second-order valence-electron chi connectivity index (χ2n) is 7.61. The molecule has 27 heavy (non-hydrogen) atoms. The molecule has 0 bridgehead atoms. The lowest BCUT2D eigenvalue weighted by molar-refractivity contribution is -0.194. The fourth-order valence-electron chi connectivity index (χ4n) is 2.26. The largest absolute Gasteiger partial charge is 0.504 e. The molecule has 0 aliphatic carbocycles. The lowest BCUT2D eigenvalue weighted by atomic mass is 9.92. The number of carbonyl (C=O) groups is 2. The van der Waals surface area contributed by atoms with E-state index in [0.717, 1.165) is 0 Å². The van der Waals surface area contributed by atoms with Crippen LogP contribution in [0, 0.1) is 5.41 Å². The van der Waals surface area contributed by atoms with Gasteiger partial charge in [0.2, 0.25) is 6.29 Å². The van der Waals surface area contributed by atoms with Crippen molar-refractivity contribution < 1.29 is 34.4 Å². The molecule has 0 saturated carbocycles. The van der Waals surface area contributed by atoms with E-state index in [2.05, 4.69) is 5.32 Å². The van der Waals surface area contributed by atoms with Crippen LogP contribution in [0.25, 0.3) is 0 Å². The van der Waals surface area contributed by atoms with Crippen molar-refractivity contribution >= 4 is 11.9 Å². The number of nitrogens with one attached hydrogen (secondary N) is 1. The maximum Gasteiger partial charge on any atom is 0.329 e. The Kier molecular flexibility index (Phi) is 7.62. The zero-order chi connectivity index (χ0) is 20.8. The van der Waals surface area contributed by atoms with Crippen molar-refractivity contribution in [2.45, 2.75) is 52.9 Å². The van der Waals surface area contributed by atoms with Crippen LogP contribution < -0.4 is 5.32 Å². The second-order valence-corrected chi connectivity index (χ2v) is 7.61. The molecule has 0 saturated heterocycles. The summed E-state index contributed by atoms with van der Waals surface area (Å²) in [5.74, 6) is -1.76. The van der Waals surface area contributed by atoms with E-state index in [0.29, 0.717) is 5.56 Å². The molecule has 0 aromatic heterocycles. The topological polar surface area (TPSA) is 125 Å². The summed E-state index contributed by atoms with van der Waals surface area (Å²) in [6.45, 7) is 8.02. The zero-order valence-corrected chi connectivity index (χ0v) is 16.4. The number of rotatable bonds is 8. The molecule has 0 radical (unpaired) electrons. The monoisotopic (exact) mass is 383 g/mol. The number of β-amino-alcohol motifs (C(OH)–C–C–N with tert-alkyl or cyclic N) is 1. The molecular weight excluding hydrogens is 354 g/mol. The van der Waals surface area contributed by atoms with Crippen LogP contribution in [0.5, 0.6) is 11.5 Å². The third-order valence-electron chi connectivity index (χ3n) is 3.83. The number of hydrogen-bond acceptors (Lipinski definition) is 8. The summed E-state index contributed by atoms with van der Waals surface area (Å²) in [6, 6.07) is 4.21. The van der Waals surface area contributed by atoms with Gasteiger partial charge in [0.25, 0.3) is 0 Å². The predicted octanol–water partition coefficient (Wildman–Crippen LogP) is 1.46. The molecule has 0 unspecified atom stereocenters. The van der Waals surface area contributed by atoms with Crippen LogP contribution in [0.2, 0.25) is 0 Å². The predicted molar refractivity (Wildman–Crippen MR) is 98.1 cm³/mol.